The number of halogens is 1. The molecule has 1 fully saturated rings. The predicted molar refractivity (Wildman–Crippen MR) is 119 cm³/mol. The number of rotatable bonds is 6. The van der Waals surface area contributed by atoms with Crippen LogP contribution in [-0.4, -0.2) is 26.3 Å². The van der Waals surface area contributed by atoms with Gasteiger partial charge in [0, 0.05) is 23.2 Å². The van der Waals surface area contributed by atoms with Crippen LogP contribution in [0.5, 0.6) is 0 Å². The molecule has 0 atom stereocenters. The van der Waals surface area contributed by atoms with Crippen LogP contribution in [0, 0.1) is 0 Å². The zero-order chi connectivity index (χ0) is 20.2. The summed E-state index contributed by atoms with van der Waals surface area (Å²) in [6.45, 7) is 0. The summed E-state index contributed by atoms with van der Waals surface area (Å²) >= 11 is 7.37. The van der Waals surface area contributed by atoms with Crippen molar-refractivity contribution in [1.82, 2.24) is 14.8 Å². The molecular weight excluding hydrogens is 402 g/mol. The summed E-state index contributed by atoms with van der Waals surface area (Å²) < 4.78 is 1.91. The molecule has 4 rings (SSSR count). The molecule has 1 aliphatic rings. The molecule has 29 heavy (non-hydrogen) atoms. The molecule has 0 saturated heterocycles. The lowest BCUT2D eigenvalue weighted by molar-refractivity contribution is 0.102. The van der Waals surface area contributed by atoms with E-state index in [1.165, 1.54) is 49.4 Å². The average Bonchev–Trinajstić information content (AvgIpc) is 3.13. The fourth-order valence-corrected chi connectivity index (χ4v) is 4.81. The van der Waals surface area contributed by atoms with Crippen LogP contribution in [0.2, 0.25) is 5.02 Å². The van der Waals surface area contributed by atoms with Gasteiger partial charge in [0.25, 0.3) is 0 Å². The predicted octanol–water partition coefficient (Wildman–Crippen LogP) is 6.16. The molecule has 1 heterocycles. The molecule has 0 unspecified atom stereocenters. The number of carbonyl (C=O) groups is 1. The van der Waals surface area contributed by atoms with Gasteiger partial charge in [-0.25, -0.2) is 0 Å². The van der Waals surface area contributed by atoms with Gasteiger partial charge in [-0.2, -0.15) is 0 Å². The molecule has 0 bridgehead atoms. The molecule has 0 aliphatic heterocycles. The first-order chi connectivity index (χ1) is 14.1. The summed E-state index contributed by atoms with van der Waals surface area (Å²) in [5.41, 5.74) is 3.08. The third-order valence-corrected chi connectivity index (χ3v) is 6.85. The monoisotopic (exact) mass is 425 g/mol. The van der Waals surface area contributed by atoms with Crippen molar-refractivity contribution in [2.24, 2.45) is 7.05 Å². The first kappa shape index (κ1) is 20.2. The molecule has 150 valence electrons. The first-order valence-corrected chi connectivity index (χ1v) is 11.4. The normalized spacial score (nSPS) is 14.8. The standard InChI is InChI=1S/C23H24ClN3OS/c1-27-22(19-11-13-20(24)14-12-19)25-26-23(27)29-15-21(28)18-9-7-17(8-10-18)16-5-3-2-4-6-16/h7-14,16H,2-6,15H2,1H3. The quantitative estimate of drug-likeness (QED) is 0.350. The summed E-state index contributed by atoms with van der Waals surface area (Å²) in [6, 6.07) is 15.7. The van der Waals surface area contributed by atoms with Crippen molar-refractivity contribution in [2.45, 2.75) is 43.2 Å². The zero-order valence-corrected chi connectivity index (χ0v) is 18.0. The Labute approximate surface area is 180 Å². The second-order valence-corrected chi connectivity index (χ2v) is 8.92. The summed E-state index contributed by atoms with van der Waals surface area (Å²) in [6.07, 6.45) is 6.53. The first-order valence-electron chi connectivity index (χ1n) is 10.0. The lowest BCUT2D eigenvalue weighted by Gasteiger charge is -2.22. The van der Waals surface area contributed by atoms with E-state index < -0.39 is 0 Å². The maximum absolute atomic E-state index is 12.6. The van der Waals surface area contributed by atoms with E-state index >= 15 is 0 Å². The van der Waals surface area contributed by atoms with Crippen LogP contribution in [0.3, 0.4) is 0 Å². The van der Waals surface area contributed by atoms with Gasteiger partial charge in [-0.1, -0.05) is 66.9 Å². The maximum atomic E-state index is 12.6. The summed E-state index contributed by atoms with van der Waals surface area (Å²) in [5, 5.41) is 9.92. The Kier molecular flexibility index (Phi) is 6.36. The number of ketones is 1. The van der Waals surface area contributed by atoms with Crippen LogP contribution in [-0.2, 0) is 7.05 Å². The van der Waals surface area contributed by atoms with Gasteiger partial charge in [-0.15, -0.1) is 10.2 Å². The minimum atomic E-state index is 0.112. The molecule has 6 heteroatoms. The number of hydrogen-bond donors (Lipinski definition) is 0. The van der Waals surface area contributed by atoms with E-state index in [-0.39, 0.29) is 5.78 Å². The van der Waals surface area contributed by atoms with Crippen molar-refractivity contribution >= 4 is 29.1 Å². The van der Waals surface area contributed by atoms with Gasteiger partial charge in [0.1, 0.15) is 0 Å². The van der Waals surface area contributed by atoms with E-state index in [4.69, 9.17) is 11.6 Å². The lowest BCUT2D eigenvalue weighted by atomic mass is 9.84. The van der Waals surface area contributed by atoms with Crippen LogP contribution in [0.1, 0.15) is 53.9 Å². The van der Waals surface area contributed by atoms with Gasteiger partial charge in [-0.05, 0) is 48.6 Å². The number of aromatic nitrogens is 3. The average molecular weight is 426 g/mol. The topological polar surface area (TPSA) is 47.8 Å². The lowest BCUT2D eigenvalue weighted by Crippen LogP contribution is -2.07. The highest BCUT2D eigenvalue weighted by Crippen LogP contribution is 2.32. The van der Waals surface area contributed by atoms with E-state index in [0.29, 0.717) is 16.7 Å². The molecule has 4 nitrogen and oxygen atoms in total. The van der Waals surface area contributed by atoms with Gasteiger partial charge in [0.15, 0.2) is 16.8 Å². The number of hydrogen-bond acceptors (Lipinski definition) is 4. The number of benzene rings is 2. The van der Waals surface area contributed by atoms with Gasteiger partial charge in [-0.3, -0.25) is 4.79 Å². The highest BCUT2D eigenvalue weighted by molar-refractivity contribution is 7.99. The highest BCUT2D eigenvalue weighted by Gasteiger charge is 2.17. The smallest absolute Gasteiger partial charge is 0.191 e. The van der Waals surface area contributed by atoms with E-state index in [9.17, 15) is 4.79 Å². The molecule has 0 N–H and O–H groups in total. The third kappa shape index (κ3) is 4.73. The van der Waals surface area contributed by atoms with Gasteiger partial charge < -0.3 is 4.57 Å². The molecule has 3 aromatic rings. The van der Waals surface area contributed by atoms with Crippen molar-refractivity contribution in [2.75, 3.05) is 5.75 Å². The molecule has 0 radical (unpaired) electrons. The van der Waals surface area contributed by atoms with Crippen molar-refractivity contribution in [3.8, 4) is 11.4 Å². The summed E-state index contributed by atoms with van der Waals surface area (Å²) in [4.78, 5) is 12.6. The molecule has 0 spiro atoms. The molecular formula is C23H24ClN3OS. The fraction of sp³-hybridized carbons (Fsp3) is 0.348. The summed E-state index contributed by atoms with van der Waals surface area (Å²) in [7, 11) is 1.91. The number of nitrogens with zero attached hydrogens (tertiary/aromatic N) is 3. The molecule has 0 amide bonds. The molecule has 1 saturated carbocycles. The number of carbonyl (C=O) groups excluding carboxylic acids is 1. The Bertz CT molecular complexity index is 976. The van der Waals surface area contributed by atoms with Crippen molar-refractivity contribution in [1.29, 1.82) is 0 Å². The highest BCUT2D eigenvalue weighted by atomic mass is 35.5. The van der Waals surface area contributed by atoms with Gasteiger partial charge in [0.2, 0.25) is 0 Å². The molecule has 2 aromatic carbocycles. The Morgan fingerprint density at radius 3 is 2.41 bits per heavy atom. The Morgan fingerprint density at radius 1 is 1.03 bits per heavy atom. The largest absolute Gasteiger partial charge is 0.305 e. The van der Waals surface area contributed by atoms with Gasteiger partial charge >= 0.3 is 0 Å². The Balaban J connectivity index is 1.39. The Hall–Kier alpha value is -2.11. The van der Waals surface area contributed by atoms with Crippen LogP contribution in [0.4, 0.5) is 0 Å². The van der Waals surface area contributed by atoms with Crippen molar-refractivity contribution in [3.63, 3.8) is 0 Å². The molecule has 1 aliphatic carbocycles. The van der Waals surface area contributed by atoms with E-state index in [1.54, 1.807) is 0 Å². The van der Waals surface area contributed by atoms with Crippen molar-refractivity contribution < 1.29 is 4.79 Å². The van der Waals surface area contributed by atoms with E-state index in [2.05, 4.69) is 22.3 Å². The van der Waals surface area contributed by atoms with Crippen LogP contribution in [0.25, 0.3) is 11.4 Å². The minimum Gasteiger partial charge on any atom is -0.305 e. The second-order valence-electron chi connectivity index (χ2n) is 7.54. The van der Waals surface area contributed by atoms with Crippen LogP contribution >= 0.6 is 23.4 Å². The van der Waals surface area contributed by atoms with Crippen LogP contribution < -0.4 is 0 Å². The zero-order valence-electron chi connectivity index (χ0n) is 16.5. The van der Waals surface area contributed by atoms with Crippen molar-refractivity contribution in [3.05, 3.63) is 64.7 Å². The second kappa shape index (κ2) is 9.14. The Morgan fingerprint density at radius 2 is 1.72 bits per heavy atom. The van der Waals surface area contributed by atoms with Crippen LogP contribution in [0.15, 0.2) is 53.7 Å². The number of thioether (sulfide) groups is 1. The number of Topliss-reactive ketones (excluding diaryl/α,β-unsaturated/α-hetero) is 1. The maximum Gasteiger partial charge on any atom is 0.191 e. The SMILES string of the molecule is Cn1c(SCC(=O)c2ccc(C3CCCCC3)cc2)nnc1-c1ccc(Cl)cc1. The van der Waals surface area contributed by atoms with E-state index in [0.717, 1.165) is 22.1 Å². The fourth-order valence-electron chi connectivity index (χ4n) is 3.88. The summed E-state index contributed by atoms with van der Waals surface area (Å²) in [5.74, 6) is 1.87. The minimum absolute atomic E-state index is 0.112. The third-order valence-electron chi connectivity index (χ3n) is 5.58. The molecule has 1 aromatic heterocycles. The van der Waals surface area contributed by atoms with E-state index in [1.807, 2.05) is 48.0 Å². The van der Waals surface area contributed by atoms with Gasteiger partial charge in [0.05, 0.1) is 5.75 Å².